The minimum atomic E-state index is -0.391. The summed E-state index contributed by atoms with van der Waals surface area (Å²) in [5, 5.41) is 9.66. The molecule has 4 heteroatoms. The lowest BCUT2D eigenvalue weighted by molar-refractivity contribution is 0.104. The summed E-state index contributed by atoms with van der Waals surface area (Å²) >= 11 is 0. The van der Waals surface area contributed by atoms with Gasteiger partial charge in [-0.05, 0) is 19.9 Å². The van der Waals surface area contributed by atoms with E-state index in [-0.39, 0.29) is 11.8 Å². The van der Waals surface area contributed by atoms with Crippen LogP contribution in [0, 0.1) is 0 Å². The lowest BCUT2D eigenvalue weighted by Crippen LogP contribution is -2.30. The Morgan fingerprint density at radius 1 is 1.50 bits per heavy atom. The van der Waals surface area contributed by atoms with Crippen LogP contribution in [0.4, 0.5) is 4.79 Å². The van der Waals surface area contributed by atoms with Gasteiger partial charge in [-0.25, -0.2) is 4.79 Å². The summed E-state index contributed by atoms with van der Waals surface area (Å²) in [6.45, 7) is 3.94. The summed E-state index contributed by atoms with van der Waals surface area (Å²) in [4.78, 5) is 12.9. The van der Waals surface area contributed by atoms with E-state index < -0.39 is 6.09 Å². The second-order valence-electron chi connectivity index (χ2n) is 3.54. The van der Waals surface area contributed by atoms with Crippen LogP contribution in [0.2, 0.25) is 0 Å². The lowest BCUT2D eigenvalue weighted by Gasteiger charge is -2.24. The average Bonchev–Trinajstić information content (AvgIpc) is 2.28. The summed E-state index contributed by atoms with van der Waals surface area (Å²) in [5.74, 6) is 0.186. The number of rotatable bonds is 3. The molecule has 1 amide bonds. The molecule has 1 aromatic rings. The average molecular weight is 223 g/mol. The number of ether oxygens (including phenoxy) is 1. The summed E-state index contributed by atoms with van der Waals surface area (Å²) in [7, 11) is 1.65. The third-order valence-corrected chi connectivity index (χ3v) is 2.52. The number of phenols is 1. The van der Waals surface area contributed by atoms with Crippen LogP contribution in [0.25, 0.3) is 0 Å². The van der Waals surface area contributed by atoms with Gasteiger partial charge in [0.1, 0.15) is 5.75 Å². The Labute approximate surface area is 95.5 Å². The van der Waals surface area contributed by atoms with Gasteiger partial charge in [0.2, 0.25) is 0 Å². The first-order valence-electron chi connectivity index (χ1n) is 5.25. The van der Waals surface area contributed by atoms with Crippen LogP contribution >= 0.6 is 0 Å². The predicted octanol–water partition coefficient (Wildman–Crippen LogP) is 2.54. The molecule has 0 spiro atoms. The zero-order chi connectivity index (χ0) is 12.1. The van der Waals surface area contributed by atoms with Crippen molar-refractivity contribution in [3.05, 3.63) is 29.8 Å². The Bertz CT molecular complexity index is 365. The summed E-state index contributed by atoms with van der Waals surface area (Å²) in [6, 6.07) is 6.74. The molecule has 1 aromatic carbocycles. The number of carbonyl (C=O) groups excluding carboxylic acids is 1. The van der Waals surface area contributed by atoms with Gasteiger partial charge in [-0.15, -0.1) is 0 Å². The van der Waals surface area contributed by atoms with Crippen LogP contribution in [0.3, 0.4) is 0 Å². The third kappa shape index (κ3) is 2.66. The van der Waals surface area contributed by atoms with Crippen molar-refractivity contribution in [2.45, 2.75) is 19.9 Å². The van der Waals surface area contributed by atoms with E-state index in [1.807, 2.05) is 13.0 Å². The van der Waals surface area contributed by atoms with Crippen LogP contribution in [0.1, 0.15) is 25.5 Å². The molecule has 0 aliphatic carbocycles. The van der Waals surface area contributed by atoms with Crippen molar-refractivity contribution < 1.29 is 14.6 Å². The van der Waals surface area contributed by atoms with E-state index in [0.717, 1.165) is 0 Å². The molecule has 1 N–H and O–H groups in total. The first kappa shape index (κ1) is 12.4. The quantitative estimate of drug-likeness (QED) is 0.856. The molecule has 1 rings (SSSR count). The molecule has 0 aliphatic rings. The van der Waals surface area contributed by atoms with Gasteiger partial charge in [0.05, 0.1) is 12.6 Å². The number of carbonyl (C=O) groups is 1. The first-order valence-corrected chi connectivity index (χ1v) is 5.25. The summed E-state index contributed by atoms with van der Waals surface area (Å²) in [6.07, 6.45) is -0.391. The molecule has 0 saturated heterocycles. The molecule has 0 saturated carbocycles. The zero-order valence-corrected chi connectivity index (χ0v) is 9.80. The molecule has 0 heterocycles. The number of aromatic hydroxyl groups is 1. The molecular formula is C12H17NO3. The van der Waals surface area contributed by atoms with E-state index in [0.29, 0.717) is 12.2 Å². The number of nitrogens with zero attached hydrogens (tertiary/aromatic N) is 1. The highest BCUT2D eigenvalue weighted by Crippen LogP contribution is 2.27. The molecule has 0 radical (unpaired) electrons. The normalized spacial score (nSPS) is 11.9. The van der Waals surface area contributed by atoms with Gasteiger partial charge in [0.15, 0.2) is 0 Å². The fourth-order valence-corrected chi connectivity index (χ4v) is 1.43. The SMILES string of the molecule is CCOC(=O)N(C)C(C)c1ccccc1O. The van der Waals surface area contributed by atoms with E-state index in [4.69, 9.17) is 4.74 Å². The maximum atomic E-state index is 11.5. The molecule has 4 nitrogen and oxygen atoms in total. The van der Waals surface area contributed by atoms with Gasteiger partial charge in [-0.2, -0.15) is 0 Å². The van der Waals surface area contributed by atoms with Crippen LogP contribution in [-0.2, 0) is 4.74 Å². The second-order valence-corrected chi connectivity index (χ2v) is 3.54. The number of hydrogen-bond donors (Lipinski definition) is 1. The van der Waals surface area contributed by atoms with Crippen LogP contribution in [-0.4, -0.2) is 29.8 Å². The number of phenolic OH excluding ortho intramolecular Hbond substituents is 1. The summed E-state index contributed by atoms with van der Waals surface area (Å²) in [5.41, 5.74) is 0.707. The smallest absolute Gasteiger partial charge is 0.409 e. The highest BCUT2D eigenvalue weighted by atomic mass is 16.6. The standard InChI is InChI=1S/C12H17NO3/c1-4-16-12(15)13(3)9(2)10-7-5-6-8-11(10)14/h5-9,14H,4H2,1-3H3. The number of para-hydroxylation sites is 1. The maximum absolute atomic E-state index is 11.5. The Kier molecular flexibility index (Phi) is 4.17. The fraction of sp³-hybridized carbons (Fsp3) is 0.417. The van der Waals surface area contributed by atoms with E-state index in [9.17, 15) is 9.90 Å². The molecule has 0 aromatic heterocycles. The van der Waals surface area contributed by atoms with Gasteiger partial charge >= 0.3 is 6.09 Å². The Morgan fingerprint density at radius 3 is 2.69 bits per heavy atom. The van der Waals surface area contributed by atoms with Crippen molar-refractivity contribution in [3.8, 4) is 5.75 Å². The zero-order valence-electron chi connectivity index (χ0n) is 9.80. The minimum absolute atomic E-state index is 0.186. The molecule has 0 fully saturated rings. The summed E-state index contributed by atoms with van der Waals surface area (Å²) < 4.78 is 4.89. The molecule has 1 atom stereocenters. The van der Waals surface area contributed by atoms with Gasteiger partial charge in [-0.3, -0.25) is 0 Å². The first-order chi connectivity index (χ1) is 7.57. The van der Waals surface area contributed by atoms with Gasteiger partial charge < -0.3 is 14.7 Å². The molecule has 88 valence electrons. The lowest BCUT2D eigenvalue weighted by atomic mass is 10.1. The molecule has 0 aliphatic heterocycles. The van der Waals surface area contributed by atoms with Crippen molar-refractivity contribution in [1.29, 1.82) is 0 Å². The molecule has 16 heavy (non-hydrogen) atoms. The van der Waals surface area contributed by atoms with E-state index in [1.165, 1.54) is 4.90 Å². The van der Waals surface area contributed by atoms with Crippen molar-refractivity contribution in [1.82, 2.24) is 4.90 Å². The van der Waals surface area contributed by atoms with Crippen molar-refractivity contribution in [2.75, 3.05) is 13.7 Å². The molecular weight excluding hydrogens is 206 g/mol. The monoisotopic (exact) mass is 223 g/mol. The highest BCUT2D eigenvalue weighted by molar-refractivity contribution is 5.68. The Balaban J connectivity index is 2.82. The van der Waals surface area contributed by atoms with Crippen LogP contribution < -0.4 is 0 Å². The van der Waals surface area contributed by atoms with Crippen molar-refractivity contribution in [2.24, 2.45) is 0 Å². The highest BCUT2D eigenvalue weighted by Gasteiger charge is 2.20. The van der Waals surface area contributed by atoms with E-state index in [1.54, 1.807) is 32.2 Å². The predicted molar refractivity (Wildman–Crippen MR) is 61.3 cm³/mol. The van der Waals surface area contributed by atoms with E-state index in [2.05, 4.69) is 0 Å². The van der Waals surface area contributed by atoms with Crippen LogP contribution in [0.5, 0.6) is 5.75 Å². The maximum Gasteiger partial charge on any atom is 0.409 e. The van der Waals surface area contributed by atoms with Crippen LogP contribution in [0.15, 0.2) is 24.3 Å². The number of benzene rings is 1. The van der Waals surface area contributed by atoms with Crippen molar-refractivity contribution in [3.63, 3.8) is 0 Å². The Morgan fingerprint density at radius 2 is 2.12 bits per heavy atom. The topological polar surface area (TPSA) is 49.8 Å². The third-order valence-electron chi connectivity index (χ3n) is 2.52. The largest absolute Gasteiger partial charge is 0.508 e. The van der Waals surface area contributed by atoms with E-state index >= 15 is 0 Å². The number of amides is 1. The fourth-order valence-electron chi connectivity index (χ4n) is 1.43. The van der Waals surface area contributed by atoms with Crippen molar-refractivity contribution >= 4 is 6.09 Å². The second kappa shape index (κ2) is 5.39. The van der Waals surface area contributed by atoms with Gasteiger partial charge in [-0.1, -0.05) is 18.2 Å². The molecule has 1 unspecified atom stereocenters. The molecule has 0 bridgehead atoms. The minimum Gasteiger partial charge on any atom is -0.508 e. The number of hydrogen-bond acceptors (Lipinski definition) is 3. The van der Waals surface area contributed by atoms with Gasteiger partial charge in [0, 0.05) is 12.6 Å². The van der Waals surface area contributed by atoms with Gasteiger partial charge in [0.25, 0.3) is 0 Å². The Hall–Kier alpha value is -1.71.